The number of aryl methyl sites for hydroxylation is 1. The number of carbonyl (C=O) groups is 1. The van der Waals surface area contributed by atoms with Crippen LogP contribution in [-0.2, 0) is 17.8 Å². The molecular formula is C19H19BrFNO3. The summed E-state index contributed by atoms with van der Waals surface area (Å²) in [7, 11) is 0. The molecular weight excluding hydrogens is 389 g/mol. The van der Waals surface area contributed by atoms with Gasteiger partial charge in [0.2, 0.25) is 12.7 Å². The van der Waals surface area contributed by atoms with Gasteiger partial charge in [-0.3, -0.25) is 4.79 Å². The second kappa shape index (κ2) is 7.87. The van der Waals surface area contributed by atoms with E-state index in [1.165, 1.54) is 6.07 Å². The van der Waals surface area contributed by atoms with Crippen LogP contribution in [0.4, 0.5) is 4.39 Å². The third-order valence-electron chi connectivity index (χ3n) is 4.17. The molecule has 132 valence electrons. The van der Waals surface area contributed by atoms with Gasteiger partial charge in [-0.2, -0.15) is 0 Å². The molecule has 0 unspecified atom stereocenters. The molecule has 4 nitrogen and oxygen atoms in total. The minimum Gasteiger partial charge on any atom is -0.454 e. The maximum absolute atomic E-state index is 13.9. The Labute approximate surface area is 154 Å². The van der Waals surface area contributed by atoms with Gasteiger partial charge in [0.25, 0.3) is 0 Å². The van der Waals surface area contributed by atoms with E-state index < -0.39 is 0 Å². The number of hydrogen-bond donors (Lipinski definition) is 0. The highest BCUT2D eigenvalue weighted by Gasteiger charge is 2.17. The lowest BCUT2D eigenvalue weighted by Crippen LogP contribution is -2.30. The summed E-state index contributed by atoms with van der Waals surface area (Å²) in [4.78, 5) is 14.2. The molecule has 6 heteroatoms. The van der Waals surface area contributed by atoms with Crippen LogP contribution in [0.15, 0.2) is 40.9 Å². The average Bonchev–Trinajstić information content (AvgIpc) is 3.08. The first-order chi connectivity index (χ1) is 12.1. The minimum absolute atomic E-state index is 0.000424. The van der Waals surface area contributed by atoms with E-state index in [1.54, 1.807) is 17.0 Å². The summed E-state index contributed by atoms with van der Waals surface area (Å²) in [5.74, 6) is 1.15. The zero-order valence-electron chi connectivity index (χ0n) is 13.9. The third-order valence-corrected chi connectivity index (χ3v) is 4.66. The number of hydrogen-bond acceptors (Lipinski definition) is 3. The van der Waals surface area contributed by atoms with Crippen molar-refractivity contribution in [2.75, 3.05) is 13.3 Å². The number of nitrogens with zero attached hydrogens (tertiary/aromatic N) is 1. The molecule has 0 bridgehead atoms. The largest absolute Gasteiger partial charge is 0.454 e. The molecule has 25 heavy (non-hydrogen) atoms. The number of halogens is 2. The van der Waals surface area contributed by atoms with E-state index in [-0.39, 0.29) is 25.1 Å². The van der Waals surface area contributed by atoms with Crippen molar-refractivity contribution in [3.05, 3.63) is 57.8 Å². The lowest BCUT2D eigenvalue weighted by atomic mass is 10.1. The van der Waals surface area contributed by atoms with Gasteiger partial charge in [-0.15, -0.1) is 0 Å². The highest BCUT2D eigenvalue weighted by atomic mass is 79.9. The normalized spacial score (nSPS) is 12.3. The molecule has 0 spiro atoms. The molecule has 1 heterocycles. The van der Waals surface area contributed by atoms with Crippen LogP contribution in [0.3, 0.4) is 0 Å². The van der Waals surface area contributed by atoms with E-state index in [2.05, 4.69) is 15.9 Å². The first-order valence-electron chi connectivity index (χ1n) is 8.17. The maximum Gasteiger partial charge on any atom is 0.231 e. The number of rotatable bonds is 6. The molecule has 0 radical (unpaired) electrons. The fraction of sp³-hybridized carbons (Fsp3) is 0.316. The van der Waals surface area contributed by atoms with Gasteiger partial charge in [0.05, 0.1) is 0 Å². The Kier molecular flexibility index (Phi) is 5.58. The fourth-order valence-electron chi connectivity index (χ4n) is 2.75. The van der Waals surface area contributed by atoms with E-state index in [0.717, 1.165) is 15.8 Å². The van der Waals surface area contributed by atoms with Crippen LogP contribution >= 0.6 is 15.9 Å². The quantitative estimate of drug-likeness (QED) is 0.716. The fourth-order valence-corrected chi connectivity index (χ4v) is 3.16. The summed E-state index contributed by atoms with van der Waals surface area (Å²) in [6.07, 6.45) is 0.968. The lowest BCUT2D eigenvalue weighted by molar-refractivity contribution is -0.131. The van der Waals surface area contributed by atoms with Gasteiger partial charge >= 0.3 is 0 Å². The molecule has 1 aliphatic heterocycles. The summed E-state index contributed by atoms with van der Waals surface area (Å²) in [6.45, 7) is 2.93. The topological polar surface area (TPSA) is 38.8 Å². The molecule has 0 atom stereocenters. The first kappa shape index (κ1) is 17.7. The highest BCUT2D eigenvalue weighted by molar-refractivity contribution is 9.10. The number of benzene rings is 2. The van der Waals surface area contributed by atoms with Crippen molar-refractivity contribution in [2.24, 2.45) is 0 Å². The number of amides is 1. The summed E-state index contributed by atoms with van der Waals surface area (Å²) in [6, 6.07) is 10.5. The van der Waals surface area contributed by atoms with Gasteiger partial charge < -0.3 is 14.4 Å². The highest BCUT2D eigenvalue weighted by Crippen LogP contribution is 2.32. The van der Waals surface area contributed by atoms with Crippen molar-refractivity contribution in [1.29, 1.82) is 0 Å². The van der Waals surface area contributed by atoms with E-state index in [9.17, 15) is 9.18 Å². The Morgan fingerprint density at radius 2 is 2.00 bits per heavy atom. The van der Waals surface area contributed by atoms with Crippen molar-refractivity contribution >= 4 is 21.8 Å². The molecule has 0 aromatic heterocycles. The van der Waals surface area contributed by atoms with E-state index >= 15 is 0 Å². The molecule has 1 aliphatic rings. The van der Waals surface area contributed by atoms with E-state index in [1.807, 2.05) is 25.1 Å². The maximum atomic E-state index is 13.9. The second-order valence-corrected chi connectivity index (χ2v) is 6.75. The Morgan fingerprint density at radius 1 is 1.20 bits per heavy atom. The van der Waals surface area contributed by atoms with Crippen molar-refractivity contribution < 1.29 is 18.7 Å². The van der Waals surface area contributed by atoms with Crippen molar-refractivity contribution in [3.63, 3.8) is 0 Å². The monoisotopic (exact) mass is 407 g/mol. The Bertz CT molecular complexity index is 781. The zero-order valence-corrected chi connectivity index (χ0v) is 15.5. The van der Waals surface area contributed by atoms with Gasteiger partial charge in [0, 0.05) is 29.5 Å². The summed E-state index contributed by atoms with van der Waals surface area (Å²) in [5.41, 5.74) is 1.52. The van der Waals surface area contributed by atoms with Crippen LogP contribution in [-0.4, -0.2) is 24.1 Å². The zero-order chi connectivity index (χ0) is 17.8. The number of ether oxygens (including phenoxy) is 2. The molecule has 0 saturated carbocycles. The van der Waals surface area contributed by atoms with Crippen LogP contribution in [0.5, 0.6) is 11.5 Å². The van der Waals surface area contributed by atoms with Crippen LogP contribution in [0, 0.1) is 5.82 Å². The van der Waals surface area contributed by atoms with Gasteiger partial charge in [-0.1, -0.05) is 22.0 Å². The Morgan fingerprint density at radius 3 is 2.80 bits per heavy atom. The summed E-state index contributed by atoms with van der Waals surface area (Å²) < 4.78 is 25.4. The lowest BCUT2D eigenvalue weighted by Gasteiger charge is -2.21. The molecule has 0 aliphatic carbocycles. The Balaban J connectivity index is 1.61. The smallest absolute Gasteiger partial charge is 0.231 e. The van der Waals surface area contributed by atoms with E-state index in [4.69, 9.17) is 9.47 Å². The summed E-state index contributed by atoms with van der Waals surface area (Å²) >= 11 is 3.34. The SMILES string of the molecule is CCN(Cc1cc(Br)ccc1F)C(=O)CCc1ccc2c(c1)OCO2. The first-order valence-corrected chi connectivity index (χ1v) is 8.96. The Hall–Kier alpha value is -2.08. The van der Waals surface area contributed by atoms with Gasteiger partial charge in [-0.05, 0) is 49.2 Å². The minimum atomic E-state index is -0.301. The van der Waals surface area contributed by atoms with Gasteiger partial charge in [-0.25, -0.2) is 4.39 Å². The predicted octanol–water partition coefficient (Wildman–Crippen LogP) is 4.30. The second-order valence-electron chi connectivity index (χ2n) is 5.83. The molecule has 0 fully saturated rings. The summed E-state index contributed by atoms with van der Waals surface area (Å²) in [5, 5.41) is 0. The molecule has 0 N–H and O–H groups in total. The van der Waals surface area contributed by atoms with Crippen LogP contribution < -0.4 is 9.47 Å². The number of fused-ring (bicyclic) bond motifs is 1. The average molecular weight is 408 g/mol. The van der Waals surface area contributed by atoms with Crippen LogP contribution in [0.2, 0.25) is 0 Å². The van der Waals surface area contributed by atoms with Crippen LogP contribution in [0.25, 0.3) is 0 Å². The van der Waals surface area contributed by atoms with Crippen LogP contribution in [0.1, 0.15) is 24.5 Å². The predicted molar refractivity (Wildman–Crippen MR) is 96.1 cm³/mol. The number of carbonyl (C=O) groups excluding carboxylic acids is 1. The van der Waals surface area contributed by atoms with Gasteiger partial charge in [0.15, 0.2) is 11.5 Å². The molecule has 2 aromatic rings. The van der Waals surface area contributed by atoms with Crippen molar-refractivity contribution in [2.45, 2.75) is 26.3 Å². The van der Waals surface area contributed by atoms with E-state index in [0.29, 0.717) is 30.7 Å². The van der Waals surface area contributed by atoms with Crippen molar-refractivity contribution in [1.82, 2.24) is 4.90 Å². The van der Waals surface area contributed by atoms with Gasteiger partial charge in [0.1, 0.15) is 5.82 Å². The molecule has 0 saturated heterocycles. The standard InChI is InChI=1S/C19H19BrFNO3/c1-2-22(11-14-10-15(20)5-6-16(14)21)19(23)8-4-13-3-7-17-18(9-13)25-12-24-17/h3,5-7,9-10H,2,4,8,11-12H2,1H3. The third kappa shape index (κ3) is 4.31. The molecule has 3 rings (SSSR count). The molecule has 1 amide bonds. The molecule has 2 aromatic carbocycles. The van der Waals surface area contributed by atoms with Crippen molar-refractivity contribution in [3.8, 4) is 11.5 Å².